The van der Waals surface area contributed by atoms with Gasteiger partial charge in [-0.2, -0.15) is 0 Å². The summed E-state index contributed by atoms with van der Waals surface area (Å²) in [6, 6.07) is 16.8. The summed E-state index contributed by atoms with van der Waals surface area (Å²) in [4.78, 5) is 19.3. The van der Waals surface area contributed by atoms with E-state index in [1.807, 2.05) is 53.2 Å². The number of rotatable bonds is 7. The van der Waals surface area contributed by atoms with Gasteiger partial charge in [-0.3, -0.25) is 4.79 Å². The van der Waals surface area contributed by atoms with Gasteiger partial charge < -0.3 is 25.6 Å². The van der Waals surface area contributed by atoms with Crippen LogP contribution in [0.5, 0.6) is 0 Å². The zero-order valence-corrected chi connectivity index (χ0v) is 17.2. The smallest absolute Gasteiger partial charge is 0.254 e. The van der Waals surface area contributed by atoms with Gasteiger partial charge in [-0.05, 0) is 29.8 Å². The van der Waals surface area contributed by atoms with Gasteiger partial charge in [-0.25, -0.2) is 4.98 Å². The number of amides is 1. The first-order valence-corrected chi connectivity index (χ1v) is 10.2. The fourth-order valence-corrected chi connectivity index (χ4v) is 3.57. The first kappa shape index (κ1) is 20.4. The van der Waals surface area contributed by atoms with Crippen LogP contribution in [0.25, 0.3) is 0 Å². The lowest BCUT2D eigenvalue weighted by atomic mass is 10.1. The minimum Gasteiger partial charge on any atom is -0.510 e. The van der Waals surface area contributed by atoms with Crippen LogP contribution in [0.3, 0.4) is 0 Å². The van der Waals surface area contributed by atoms with Gasteiger partial charge in [-0.15, -0.1) is 0 Å². The van der Waals surface area contributed by atoms with Crippen molar-refractivity contribution in [1.29, 1.82) is 0 Å². The third kappa shape index (κ3) is 4.84. The predicted molar refractivity (Wildman–Crippen MR) is 119 cm³/mol. The molecular weight excluding hydrogens is 390 g/mol. The maximum Gasteiger partial charge on any atom is 0.254 e. The van der Waals surface area contributed by atoms with Crippen molar-refractivity contribution in [3.05, 3.63) is 108 Å². The van der Waals surface area contributed by atoms with Gasteiger partial charge in [0.05, 0.1) is 13.1 Å². The molecule has 0 radical (unpaired) electrons. The number of imidazole rings is 1. The molecule has 7 heteroatoms. The molecule has 7 nitrogen and oxygen atoms in total. The van der Waals surface area contributed by atoms with E-state index in [2.05, 4.69) is 28.2 Å². The maximum absolute atomic E-state index is 13.0. The number of nitrogens with one attached hydrogen (secondary N) is 1. The molecular formula is C24H26N5O2+. The molecule has 4 rings (SSSR count). The Hall–Kier alpha value is -3.84. The Kier molecular flexibility index (Phi) is 6.14. The van der Waals surface area contributed by atoms with E-state index in [0.29, 0.717) is 25.3 Å². The number of aliphatic hydroxyl groups is 1. The summed E-state index contributed by atoms with van der Waals surface area (Å²) >= 11 is 0. The molecule has 1 aromatic heterocycles. The predicted octanol–water partition coefficient (Wildman–Crippen LogP) is 2.45. The van der Waals surface area contributed by atoms with Crippen molar-refractivity contribution in [1.82, 2.24) is 14.5 Å². The molecule has 0 saturated carbocycles. The van der Waals surface area contributed by atoms with Gasteiger partial charge in [0.2, 0.25) is 0 Å². The van der Waals surface area contributed by atoms with Crippen LogP contribution in [-0.4, -0.2) is 31.5 Å². The lowest BCUT2D eigenvalue weighted by molar-refractivity contribution is -0.386. The molecule has 1 aliphatic rings. The Morgan fingerprint density at radius 1 is 1.06 bits per heavy atom. The van der Waals surface area contributed by atoms with Crippen LogP contribution in [0, 0.1) is 0 Å². The van der Waals surface area contributed by atoms with Crippen LogP contribution < -0.4 is 11.1 Å². The van der Waals surface area contributed by atoms with E-state index in [1.54, 1.807) is 29.4 Å². The SMILES string of the molecule is [NH3+]Cc1ccc(NC(=O)C2C(O)=CC=CN2Cc2nccn2Cc2ccccc2)cc1. The van der Waals surface area contributed by atoms with Gasteiger partial charge in [0.25, 0.3) is 5.91 Å². The van der Waals surface area contributed by atoms with E-state index in [-0.39, 0.29) is 11.7 Å². The van der Waals surface area contributed by atoms with Gasteiger partial charge in [0.1, 0.15) is 11.6 Å². The van der Waals surface area contributed by atoms with Gasteiger partial charge in [0, 0.05) is 36.4 Å². The summed E-state index contributed by atoms with van der Waals surface area (Å²) in [7, 11) is 0. The van der Waals surface area contributed by atoms with Crippen molar-refractivity contribution >= 4 is 11.6 Å². The summed E-state index contributed by atoms with van der Waals surface area (Å²) < 4.78 is 2.05. The minimum atomic E-state index is -0.834. The lowest BCUT2D eigenvalue weighted by Crippen LogP contribution is -2.47. The number of hydrogen-bond acceptors (Lipinski definition) is 4. The van der Waals surface area contributed by atoms with Gasteiger partial charge in [-0.1, -0.05) is 42.5 Å². The zero-order valence-electron chi connectivity index (χ0n) is 17.2. The average Bonchev–Trinajstić information content (AvgIpc) is 3.21. The zero-order chi connectivity index (χ0) is 21.6. The first-order chi connectivity index (χ1) is 15.1. The van der Waals surface area contributed by atoms with Crippen LogP contribution >= 0.6 is 0 Å². The second kappa shape index (κ2) is 9.32. The van der Waals surface area contributed by atoms with E-state index in [1.165, 1.54) is 5.56 Å². The van der Waals surface area contributed by atoms with Crippen LogP contribution in [0.15, 0.2) is 91.1 Å². The highest BCUT2D eigenvalue weighted by molar-refractivity contribution is 5.96. The molecule has 1 amide bonds. The molecule has 1 atom stereocenters. The van der Waals surface area contributed by atoms with E-state index >= 15 is 0 Å². The topological polar surface area (TPSA) is 98.0 Å². The third-order valence-electron chi connectivity index (χ3n) is 5.24. The van der Waals surface area contributed by atoms with Crippen molar-refractivity contribution in [3.8, 4) is 0 Å². The largest absolute Gasteiger partial charge is 0.510 e. The molecule has 0 bridgehead atoms. The Labute approximate surface area is 181 Å². The highest BCUT2D eigenvalue weighted by Gasteiger charge is 2.30. The number of allylic oxidation sites excluding steroid dienone is 2. The molecule has 2 aromatic carbocycles. The number of carbonyl (C=O) groups excluding carboxylic acids is 1. The lowest BCUT2D eigenvalue weighted by Gasteiger charge is -2.31. The number of hydrogen-bond donors (Lipinski definition) is 3. The average molecular weight is 417 g/mol. The number of aromatic nitrogens is 2. The normalized spacial score (nSPS) is 15.6. The van der Waals surface area contributed by atoms with Crippen LogP contribution in [0.1, 0.15) is 17.0 Å². The van der Waals surface area contributed by atoms with Crippen molar-refractivity contribution in [2.24, 2.45) is 0 Å². The maximum atomic E-state index is 13.0. The molecule has 1 unspecified atom stereocenters. The fraction of sp³-hybridized carbons (Fsp3) is 0.167. The quantitative estimate of drug-likeness (QED) is 0.551. The number of quaternary nitrogens is 1. The summed E-state index contributed by atoms with van der Waals surface area (Å²) in [5.41, 5.74) is 6.79. The molecule has 158 valence electrons. The Balaban J connectivity index is 1.49. The van der Waals surface area contributed by atoms with Crippen molar-refractivity contribution in [3.63, 3.8) is 0 Å². The summed E-state index contributed by atoms with van der Waals surface area (Å²) in [5.74, 6) is 0.498. The number of aliphatic hydroxyl groups excluding tert-OH is 1. The summed E-state index contributed by atoms with van der Waals surface area (Å²) in [6.07, 6.45) is 8.75. The molecule has 3 aromatic rings. The van der Waals surface area contributed by atoms with E-state index in [4.69, 9.17) is 0 Å². The summed E-state index contributed by atoms with van der Waals surface area (Å²) in [5, 5.41) is 13.4. The molecule has 31 heavy (non-hydrogen) atoms. The molecule has 0 fully saturated rings. The first-order valence-electron chi connectivity index (χ1n) is 10.2. The number of carbonyl (C=O) groups is 1. The standard InChI is InChI=1S/C24H25N5O2/c25-15-18-8-10-20(11-9-18)27-24(31)23-21(30)7-4-13-29(23)17-22-26-12-14-28(22)16-19-5-2-1-3-6-19/h1-14,23,30H,15-17,25H2,(H,27,31)/p+1. The van der Waals surface area contributed by atoms with Crippen LogP contribution in [0.2, 0.25) is 0 Å². The second-order valence-corrected chi connectivity index (χ2v) is 7.40. The number of nitrogens with zero attached hydrogens (tertiary/aromatic N) is 3. The third-order valence-corrected chi connectivity index (χ3v) is 5.24. The Morgan fingerprint density at radius 2 is 1.84 bits per heavy atom. The number of anilines is 1. The summed E-state index contributed by atoms with van der Waals surface area (Å²) in [6.45, 7) is 1.76. The number of benzene rings is 2. The van der Waals surface area contributed by atoms with Gasteiger partial charge >= 0.3 is 0 Å². The molecule has 5 N–H and O–H groups in total. The molecule has 0 spiro atoms. The van der Waals surface area contributed by atoms with E-state index < -0.39 is 6.04 Å². The van der Waals surface area contributed by atoms with E-state index in [9.17, 15) is 9.90 Å². The van der Waals surface area contributed by atoms with Crippen molar-refractivity contribution < 1.29 is 15.6 Å². The van der Waals surface area contributed by atoms with Crippen molar-refractivity contribution in [2.75, 3.05) is 5.32 Å². The molecule has 0 saturated heterocycles. The van der Waals surface area contributed by atoms with Crippen LogP contribution in [0.4, 0.5) is 5.69 Å². The highest BCUT2D eigenvalue weighted by atomic mass is 16.3. The van der Waals surface area contributed by atoms with Gasteiger partial charge in [0.15, 0.2) is 6.04 Å². The highest BCUT2D eigenvalue weighted by Crippen LogP contribution is 2.20. The van der Waals surface area contributed by atoms with Crippen LogP contribution in [-0.2, 0) is 24.4 Å². The Morgan fingerprint density at radius 3 is 2.58 bits per heavy atom. The van der Waals surface area contributed by atoms with Crippen molar-refractivity contribution in [2.45, 2.75) is 25.7 Å². The van der Waals surface area contributed by atoms with E-state index in [0.717, 1.165) is 11.4 Å². The molecule has 1 aliphatic heterocycles. The molecule has 2 heterocycles. The monoisotopic (exact) mass is 416 g/mol. The fourth-order valence-electron chi connectivity index (χ4n) is 3.57. The molecule has 0 aliphatic carbocycles. The Bertz CT molecular complexity index is 1090. The second-order valence-electron chi connectivity index (χ2n) is 7.40. The minimum absolute atomic E-state index is 0.00413.